The highest BCUT2D eigenvalue weighted by atomic mass is 32.2. The van der Waals surface area contributed by atoms with E-state index in [4.69, 9.17) is 0 Å². The van der Waals surface area contributed by atoms with Gasteiger partial charge in [-0.2, -0.15) is 11.8 Å². The summed E-state index contributed by atoms with van der Waals surface area (Å²) in [6, 6.07) is 5.62. The Labute approximate surface area is 119 Å². The second kappa shape index (κ2) is 5.73. The smallest absolute Gasteiger partial charge is 0.240 e. The molecular weight excluding hydrogens is 280 g/mol. The zero-order chi connectivity index (χ0) is 14.0. The Morgan fingerprint density at radius 1 is 1.37 bits per heavy atom. The third kappa shape index (κ3) is 3.43. The minimum absolute atomic E-state index is 0.307. The SMILES string of the molecule is CNS(=O)(=O)c1ccc(C)c(NC2CSC(C)C2)c1. The first-order chi connectivity index (χ1) is 8.92. The molecule has 6 heteroatoms. The van der Waals surface area contributed by atoms with Crippen LogP contribution in [0.1, 0.15) is 18.9 Å². The molecule has 0 spiro atoms. The van der Waals surface area contributed by atoms with Gasteiger partial charge in [0.2, 0.25) is 10.0 Å². The van der Waals surface area contributed by atoms with E-state index in [0.717, 1.165) is 23.4 Å². The molecule has 2 N–H and O–H groups in total. The van der Waals surface area contributed by atoms with Crippen molar-refractivity contribution in [1.82, 2.24) is 4.72 Å². The zero-order valence-corrected chi connectivity index (χ0v) is 13.1. The minimum atomic E-state index is -3.38. The second-order valence-electron chi connectivity index (χ2n) is 4.91. The van der Waals surface area contributed by atoms with E-state index < -0.39 is 10.0 Å². The number of aryl methyl sites for hydroxylation is 1. The van der Waals surface area contributed by atoms with Crippen molar-refractivity contribution in [3.8, 4) is 0 Å². The van der Waals surface area contributed by atoms with E-state index in [1.165, 1.54) is 7.05 Å². The zero-order valence-electron chi connectivity index (χ0n) is 11.4. The fourth-order valence-corrected chi connectivity index (χ4v) is 4.08. The molecule has 1 aliphatic rings. The predicted octanol–water partition coefficient (Wildman–Crippen LogP) is 2.21. The molecule has 1 heterocycles. The van der Waals surface area contributed by atoms with E-state index in [0.29, 0.717) is 16.2 Å². The number of hydrogen-bond donors (Lipinski definition) is 2. The minimum Gasteiger partial charge on any atom is -0.381 e. The van der Waals surface area contributed by atoms with Crippen molar-refractivity contribution in [2.45, 2.75) is 36.5 Å². The van der Waals surface area contributed by atoms with Gasteiger partial charge >= 0.3 is 0 Å². The van der Waals surface area contributed by atoms with Crippen LogP contribution < -0.4 is 10.0 Å². The molecule has 1 saturated heterocycles. The average Bonchev–Trinajstić information content (AvgIpc) is 2.77. The molecule has 4 nitrogen and oxygen atoms in total. The molecule has 0 aromatic heterocycles. The van der Waals surface area contributed by atoms with E-state index in [-0.39, 0.29) is 0 Å². The third-order valence-corrected chi connectivity index (χ3v) is 6.11. The third-order valence-electron chi connectivity index (χ3n) is 3.35. The topological polar surface area (TPSA) is 58.2 Å². The molecule has 0 radical (unpaired) electrons. The number of anilines is 1. The summed E-state index contributed by atoms with van der Waals surface area (Å²) in [4.78, 5) is 0.307. The molecule has 1 fully saturated rings. The number of benzene rings is 1. The molecule has 1 aromatic rings. The lowest BCUT2D eigenvalue weighted by atomic mass is 10.1. The molecular formula is C13H20N2O2S2. The molecule has 1 aliphatic heterocycles. The summed E-state index contributed by atoms with van der Waals surface area (Å²) in [7, 11) is -1.95. The second-order valence-corrected chi connectivity index (χ2v) is 8.26. The van der Waals surface area contributed by atoms with Crippen LogP contribution in [-0.2, 0) is 10.0 Å². The van der Waals surface area contributed by atoms with Gasteiger partial charge in [-0.15, -0.1) is 0 Å². The maximum Gasteiger partial charge on any atom is 0.240 e. The van der Waals surface area contributed by atoms with Crippen LogP contribution in [0.4, 0.5) is 5.69 Å². The maximum atomic E-state index is 11.8. The Morgan fingerprint density at radius 2 is 2.11 bits per heavy atom. The summed E-state index contributed by atoms with van der Waals surface area (Å²) in [6.45, 7) is 4.21. The molecule has 0 bridgehead atoms. The Bertz CT molecular complexity index is 558. The van der Waals surface area contributed by atoms with Gasteiger partial charge in [0.05, 0.1) is 4.90 Å². The molecule has 19 heavy (non-hydrogen) atoms. The molecule has 2 unspecified atom stereocenters. The highest BCUT2D eigenvalue weighted by molar-refractivity contribution is 8.00. The number of thioether (sulfide) groups is 1. The fraction of sp³-hybridized carbons (Fsp3) is 0.538. The summed E-state index contributed by atoms with van der Waals surface area (Å²) in [5, 5.41) is 4.13. The van der Waals surface area contributed by atoms with Crippen molar-refractivity contribution >= 4 is 27.5 Å². The molecule has 2 atom stereocenters. The van der Waals surface area contributed by atoms with E-state index >= 15 is 0 Å². The van der Waals surface area contributed by atoms with Crippen molar-refractivity contribution in [2.75, 3.05) is 18.1 Å². The van der Waals surface area contributed by atoms with Gasteiger partial charge in [-0.05, 0) is 38.1 Å². The first-order valence-corrected chi connectivity index (χ1v) is 8.88. The van der Waals surface area contributed by atoms with Crippen molar-refractivity contribution in [1.29, 1.82) is 0 Å². The Kier molecular flexibility index (Phi) is 4.43. The molecule has 106 valence electrons. The van der Waals surface area contributed by atoms with Gasteiger partial charge in [-0.25, -0.2) is 13.1 Å². The van der Waals surface area contributed by atoms with Crippen LogP contribution in [0.25, 0.3) is 0 Å². The van der Waals surface area contributed by atoms with Crippen molar-refractivity contribution in [2.24, 2.45) is 0 Å². The first kappa shape index (κ1) is 14.7. The monoisotopic (exact) mass is 300 g/mol. The largest absolute Gasteiger partial charge is 0.381 e. The number of sulfonamides is 1. The summed E-state index contributed by atoms with van der Waals surface area (Å²) >= 11 is 1.95. The summed E-state index contributed by atoms with van der Waals surface area (Å²) < 4.78 is 26.0. The van der Waals surface area contributed by atoms with Gasteiger partial charge in [-0.3, -0.25) is 0 Å². The highest BCUT2D eigenvalue weighted by Crippen LogP contribution is 2.30. The first-order valence-electron chi connectivity index (χ1n) is 6.34. The Balaban J connectivity index is 2.23. The van der Waals surface area contributed by atoms with E-state index in [2.05, 4.69) is 17.0 Å². The lowest BCUT2D eigenvalue weighted by Gasteiger charge is -2.16. The molecule has 0 saturated carbocycles. The van der Waals surface area contributed by atoms with Crippen LogP contribution >= 0.6 is 11.8 Å². The number of hydrogen-bond acceptors (Lipinski definition) is 4. The number of rotatable bonds is 4. The van der Waals surface area contributed by atoms with Gasteiger partial charge in [0, 0.05) is 22.7 Å². The molecule has 0 aliphatic carbocycles. The molecule has 2 rings (SSSR count). The Morgan fingerprint density at radius 3 is 2.68 bits per heavy atom. The van der Waals surface area contributed by atoms with Crippen LogP contribution in [0.15, 0.2) is 23.1 Å². The van der Waals surface area contributed by atoms with E-state index in [1.54, 1.807) is 12.1 Å². The van der Waals surface area contributed by atoms with Crippen LogP contribution in [0.3, 0.4) is 0 Å². The summed E-state index contributed by atoms with van der Waals surface area (Å²) in [6.07, 6.45) is 1.12. The van der Waals surface area contributed by atoms with Crippen molar-refractivity contribution < 1.29 is 8.42 Å². The number of nitrogens with one attached hydrogen (secondary N) is 2. The van der Waals surface area contributed by atoms with E-state index in [1.807, 2.05) is 24.8 Å². The standard InChI is InChI=1S/C13H20N2O2S2/c1-9-4-5-12(19(16,17)14-3)7-13(9)15-11-6-10(2)18-8-11/h4-5,7,10-11,14-15H,6,8H2,1-3H3. The summed E-state index contributed by atoms with van der Waals surface area (Å²) in [5.41, 5.74) is 1.98. The van der Waals surface area contributed by atoms with Crippen LogP contribution in [0.2, 0.25) is 0 Å². The molecule has 1 aromatic carbocycles. The quantitative estimate of drug-likeness (QED) is 0.895. The van der Waals surface area contributed by atoms with Gasteiger partial charge < -0.3 is 5.32 Å². The van der Waals surface area contributed by atoms with Gasteiger partial charge in [-0.1, -0.05) is 13.0 Å². The van der Waals surface area contributed by atoms with Gasteiger partial charge in [0.25, 0.3) is 0 Å². The van der Waals surface area contributed by atoms with Crippen LogP contribution in [0.5, 0.6) is 0 Å². The highest BCUT2D eigenvalue weighted by Gasteiger charge is 2.22. The van der Waals surface area contributed by atoms with Crippen LogP contribution in [0, 0.1) is 6.92 Å². The van der Waals surface area contributed by atoms with E-state index in [9.17, 15) is 8.42 Å². The fourth-order valence-electron chi connectivity index (χ4n) is 2.18. The molecule has 0 amide bonds. The summed E-state index contributed by atoms with van der Waals surface area (Å²) in [5.74, 6) is 1.07. The van der Waals surface area contributed by atoms with Crippen molar-refractivity contribution in [3.63, 3.8) is 0 Å². The Hall–Kier alpha value is -0.720. The average molecular weight is 300 g/mol. The predicted molar refractivity (Wildman–Crippen MR) is 81.4 cm³/mol. The lowest BCUT2D eigenvalue weighted by Crippen LogP contribution is -2.21. The lowest BCUT2D eigenvalue weighted by molar-refractivity contribution is 0.588. The van der Waals surface area contributed by atoms with Gasteiger partial charge in [0.15, 0.2) is 0 Å². The maximum absolute atomic E-state index is 11.8. The van der Waals surface area contributed by atoms with Crippen LogP contribution in [-0.4, -0.2) is 32.5 Å². The normalized spacial score (nSPS) is 23.5. The van der Waals surface area contributed by atoms with Crippen molar-refractivity contribution in [3.05, 3.63) is 23.8 Å². The van der Waals surface area contributed by atoms with Gasteiger partial charge in [0.1, 0.15) is 0 Å².